The minimum absolute atomic E-state index is 0.0706. The van der Waals surface area contributed by atoms with E-state index < -0.39 is 75.3 Å². The van der Waals surface area contributed by atoms with Crippen molar-refractivity contribution < 1.29 is 39.9 Å². The fourth-order valence-corrected chi connectivity index (χ4v) is 4.96. The summed E-state index contributed by atoms with van der Waals surface area (Å²) in [5, 5.41) is 53.4. The first-order valence-electron chi connectivity index (χ1n) is 8.96. The van der Waals surface area contributed by atoms with Crippen molar-refractivity contribution in [3.8, 4) is 5.75 Å². The number of phenols is 1. The van der Waals surface area contributed by atoms with Gasteiger partial charge in [0, 0.05) is 17.9 Å². The fraction of sp³-hybridized carbons (Fsp3) is 0.350. The van der Waals surface area contributed by atoms with Gasteiger partial charge < -0.3 is 31.3 Å². The Balaban J connectivity index is 1.99. The molecule has 29 heavy (non-hydrogen) atoms. The molecule has 1 amide bonds. The zero-order valence-electron chi connectivity index (χ0n) is 15.3. The maximum Gasteiger partial charge on any atom is 0.255 e. The Bertz CT molecular complexity index is 1050. The highest BCUT2D eigenvalue weighted by molar-refractivity contribution is 6.22. The third-order valence-corrected chi connectivity index (χ3v) is 6.25. The quantitative estimate of drug-likeness (QED) is 0.359. The van der Waals surface area contributed by atoms with Crippen molar-refractivity contribution in [2.24, 2.45) is 23.5 Å². The van der Waals surface area contributed by atoms with Crippen molar-refractivity contribution in [3.05, 3.63) is 52.0 Å². The molecule has 0 saturated heterocycles. The maximum atomic E-state index is 13.1. The van der Waals surface area contributed by atoms with Crippen LogP contribution in [0.3, 0.4) is 0 Å². The van der Waals surface area contributed by atoms with Crippen LogP contribution in [0.5, 0.6) is 5.75 Å². The largest absolute Gasteiger partial charge is 0.511 e. The first kappa shape index (κ1) is 19.2. The number of carbonyl (C=O) groups is 3. The van der Waals surface area contributed by atoms with Crippen molar-refractivity contribution in [1.29, 1.82) is 0 Å². The molecule has 0 saturated carbocycles. The Kier molecular flexibility index (Phi) is 3.91. The number of hydrogen-bond donors (Lipinski definition) is 6. The number of Topliss-reactive ketones (excluding diaryl/α,β-unsaturated/α-hetero) is 2. The van der Waals surface area contributed by atoms with Crippen LogP contribution in [0, 0.1) is 17.8 Å². The standard InChI is InChI=1S/C20H19NO8/c1-20(29)7-3-2-4-8(22)11(7)18(27)13-14(20)15(24)6-5-9(23)12(19(21)28)16(25)10(6)17(13)26/h2-4,6,10,14-15,22-24,26,29H,5H2,1H3,(H2,21,28)/t6-,10?,14+,15+,20+/m0/s1. The van der Waals surface area contributed by atoms with Gasteiger partial charge in [0.05, 0.1) is 29.1 Å². The summed E-state index contributed by atoms with van der Waals surface area (Å²) >= 11 is 0. The Hall–Kier alpha value is -3.17. The minimum atomic E-state index is -1.87. The topological polar surface area (TPSA) is 178 Å². The van der Waals surface area contributed by atoms with Crippen molar-refractivity contribution in [2.45, 2.75) is 25.0 Å². The molecule has 1 aromatic rings. The molecule has 5 atom stereocenters. The first-order chi connectivity index (χ1) is 13.5. The third-order valence-electron chi connectivity index (χ3n) is 6.25. The van der Waals surface area contributed by atoms with Crippen LogP contribution < -0.4 is 5.73 Å². The molecule has 0 radical (unpaired) electrons. The highest BCUT2D eigenvalue weighted by Gasteiger charge is 2.60. The van der Waals surface area contributed by atoms with Gasteiger partial charge >= 0.3 is 0 Å². The van der Waals surface area contributed by atoms with E-state index in [0.29, 0.717) is 0 Å². The van der Waals surface area contributed by atoms with Gasteiger partial charge in [0.25, 0.3) is 5.91 Å². The summed E-state index contributed by atoms with van der Waals surface area (Å²) in [5.41, 5.74) is 2.02. The number of aliphatic hydroxyl groups excluding tert-OH is 3. The molecule has 3 aliphatic rings. The molecule has 0 fully saturated rings. The van der Waals surface area contributed by atoms with Gasteiger partial charge in [0.2, 0.25) is 0 Å². The lowest BCUT2D eigenvalue weighted by Gasteiger charge is -2.49. The molecule has 9 heteroatoms. The summed E-state index contributed by atoms with van der Waals surface area (Å²) < 4.78 is 0. The summed E-state index contributed by atoms with van der Waals surface area (Å²) in [4.78, 5) is 37.5. The average molecular weight is 401 g/mol. The van der Waals surface area contributed by atoms with Crippen molar-refractivity contribution in [1.82, 2.24) is 0 Å². The maximum absolute atomic E-state index is 13.1. The Morgan fingerprint density at radius 1 is 1.21 bits per heavy atom. The van der Waals surface area contributed by atoms with Crippen LogP contribution >= 0.6 is 0 Å². The fourth-order valence-electron chi connectivity index (χ4n) is 4.96. The van der Waals surface area contributed by atoms with Crippen molar-refractivity contribution in [3.63, 3.8) is 0 Å². The number of fused-ring (bicyclic) bond motifs is 3. The van der Waals surface area contributed by atoms with Gasteiger partial charge in [-0.1, -0.05) is 12.1 Å². The molecule has 4 rings (SSSR count). The van der Waals surface area contributed by atoms with Gasteiger partial charge in [-0.15, -0.1) is 0 Å². The number of amides is 1. The monoisotopic (exact) mass is 401 g/mol. The van der Waals surface area contributed by atoms with E-state index in [0.717, 1.165) is 0 Å². The Morgan fingerprint density at radius 3 is 2.48 bits per heavy atom. The van der Waals surface area contributed by atoms with Crippen LogP contribution in [0.4, 0.5) is 0 Å². The zero-order chi connectivity index (χ0) is 21.4. The van der Waals surface area contributed by atoms with E-state index in [1.165, 1.54) is 25.1 Å². The molecule has 0 heterocycles. The second kappa shape index (κ2) is 5.91. The summed E-state index contributed by atoms with van der Waals surface area (Å²) in [6, 6.07) is 4.10. The van der Waals surface area contributed by atoms with Crippen LogP contribution in [0.25, 0.3) is 0 Å². The molecule has 0 bridgehead atoms. The number of ketones is 2. The number of phenolic OH excluding ortho intramolecular Hbond substituents is 1. The van der Waals surface area contributed by atoms with E-state index in [4.69, 9.17) is 5.73 Å². The minimum Gasteiger partial charge on any atom is -0.511 e. The predicted molar refractivity (Wildman–Crippen MR) is 96.6 cm³/mol. The van der Waals surface area contributed by atoms with E-state index in [1.54, 1.807) is 0 Å². The molecule has 0 aromatic heterocycles. The Labute approximate surface area is 164 Å². The van der Waals surface area contributed by atoms with Crippen molar-refractivity contribution in [2.75, 3.05) is 0 Å². The van der Waals surface area contributed by atoms with Gasteiger partial charge in [-0.25, -0.2) is 0 Å². The van der Waals surface area contributed by atoms with Crippen LogP contribution in [0.2, 0.25) is 0 Å². The molecule has 0 spiro atoms. The molecule has 0 aliphatic heterocycles. The number of benzene rings is 1. The van der Waals surface area contributed by atoms with Gasteiger partial charge in [0.1, 0.15) is 22.8 Å². The summed E-state index contributed by atoms with van der Waals surface area (Å²) in [6.45, 7) is 1.33. The lowest BCUT2D eigenvalue weighted by atomic mass is 9.57. The number of carbonyl (C=O) groups excluding carboxylic acids is 3. The first-order valence-corrected chi connectivity index (χ1v) is 8.96. The molecule has 7 N–H and O–H groups in total. The normalized spacial score (nSPS) is 33.9. The number of primary amides is 1. The molecule has 9 nitrogen and oxygen atoms in total. The second-order valence-electron chi connectivity index (χ2n) is 7.84. The van der Waals surface area contributed by atoms with Crippen LogP contribution in [0.1, 0.15) is 29.3 Å². The number of hydrogen-bond acceptors (Lipinski definition) is 8. The SMILES string of the molecule is C[C@@]1(O)c2cccc(O)c2C(=O)C2=C(O)C3C(=O)C(C(N)=O)=C(O)C[C@@H]3[C@@H](O)[C@@H]21. The highest BCUT2D eigenvalue weighted by Crippen LogP contribution is 2.54. The highest BCUT2D eigenvalue weighted by atomic mass is 16.3. The number of nitrogens with two attached hydrogens (primary N) is 1. The molecule has 1 aromatic carbocycles. The van der Waals surface area contributed by atoms with E-state index >= 15 is 0 Å². The lowest BCUT2D eigenvalue weighted by molar-refractivity contribution is -0.133. The van der Waals surface area contributed by atoms with Gasteiger partial charge in [-0.3, -0.25) is 14.4 Å². The Morgan fingerprint density at radius 2 is 1.86 bits per heavy atom. The number of rotatable bonds is 1. The van der Waals surface area contributed by atoms with Crippen LogP contribution in [-0.4, -0.2) is 49.1 Å². The number of allylic oxidation sites excluding steroid dienone is 2. The van der Waals surface area contributed by atoms with Crippen molar-refractivity contribution >= 4 is 17.5 Å². The van der Waals surface area contributed by atoms with Crippen LogP contribution in [0.15, 0.2) is 40.9 Å². The van der Waals surface area contributed by atoms with E-state index in [-0.39, 0.29) is 17.5 Å². The van der Waals surface area contributed by atoms with Gasteiger partial charge in [-0.05, 0) is 18.6 Å². The van der Waals surface area contributed by atoms with Gasteiger partial charge in [-0.2, -0.15) is 0 Å². The predicted octanol–water partition coefficient (Wildman–Crippen LogP) is 0.101. The smallest absolute Gasteiger partial charge is 0.255 e. The molecular weight excluding hydrogens is 382 g/mol. The average Bonchev–Trinajstić information content (AvgIpc) is 2.61. The van der Waals surface area contributed by atoms with E-state index in [2.05, 4.69) is 0 Å². The second-order valence-corrected chi connectivity index (χ2v) is 7.84. The third kappa shape index (κ3) is 2.31. The summed E-state index contributed by atoms with van der Waals surface area (Å²) in [7, 11) is 0. The van der Waals surface area contributed by atoms with Gasteiger partial charge in [0.15, 0.2) is 11.6 Å². The van der Waals surface area contributed by atoms with E-state index in [1.807, 2.05) is 0 Å². The summed E-state index contributed by atoms with van der Waals surface area (Å²) in [5.74, 6) is -8.67. The number of aromatic hydroxyl groups is 1. The zero-order valence-corrected chi connectivity index (χ0v) is 15.3. The van der Waals surface area contributed by atoms with Crippen LogP contribution in [-0.2, 0) is 15.2 Å². The molecule has 1 unspecified atom stereocenters. The van der Waals surface area contributed by atoms with E-state index in [9.17, 15) is 39.9 Å². The molecule has 152 valence electrons. The molecule has 3 aliphatic carbocycles. The lowest BCUT2D eigenvalue weighted by Crippen LogP contribution is -2.56. The number of aliphatic hydroxyl groups is 4. The molecular formula is C20H19NO8. The summed E-state index contributed by atoms with van der Waals surface area (Å²) in [6.07, 6.45) is -1.86.